The predicted octanol–water partition coefficient (Wildman–Crippen LogP) is 5.76. The van der Waals surface area contributed by atoms with Crippen molar-refractivity contribution in [3.63, 3.8) is 0 Å². The van der Waals surface area contributed by atoms with Crippen LogP contribution in [0.1, 0.15) is 82.1 Å². The quantitative estimate of drug-likeness (QED) is 0.626. The molecule has 2 unspecified atom stereocenters. The van der Waals surface area contributed by atoms with Crippen molar-refractivity contribution >= 4 is 5.97 Å². The van der Waals surface area contributed by atoms with E-state index in [1.54, 1.807) is 0 Å². The fourth-order valence-electron chi connectivity index (χ4n) is 4.01. The molecule has 0 fully saturated rings. The Morgan fingerprint density at radius 2 is 1.85 bits per heavy atom. The smallest absolute Gasteiger partial charge is 0.307 e. The fourth-order valence-corrected chi connectivity index (χ4v) is 4.01. The number of fused-ring (bicyclic) bond motifs is 1. The van der Waals surface area contributed by atoms with Crippen LogP contribution < -0.4 is 9.47 Å². The number of carbonyl (C=O) groups is 1. The summed E-state index contributed by atoms with van der Waals surface area (Å²) in [4.78, 5) is 11.0. The van der Waals surface area contributed by atoms with Crippen LogP contribution in [0.3, 0.4) is 0 Å². The highest BCUT2D eigenvalue weighted by Gasteiger charge is 2.34. The third kappa shape index (κ3) is 5.18. The topological polar surface area (TPSA) is 55.8 Å². The lowest BCUT2D eigenvalue weighted by atomic mass is 9.84. The summed E-state index contributed by atoms with van der Waals surface area (Å²) in [6.07, 6.45) is 5.12. The monoisotopic (exact) mass is 376 g/mol. The molecule has 0 spiro atoms. The highest BCUT2D eigenvalue weighted by atomic mass is 16.5. The van der Waals surface area contributed by atoms with Crippen molar-refractivity contribution in [3.05, 3.63) is 22.3 Å². The second kappa shape index (κ2) is 8.53. The Morgan fingerprint density at radius 1 is 1.19 bits per heavy atom. The zero-order valence-electron chi connectivity index (χ0n) is 18.1. The number of benzene rings is 1. The minimum absolute atomic E-state index is 0.000561. The molecule has 0 bridgehead atoms. The molecule has 152 valence electrons. The van der Waals surface area contributed by atoms with Crippen molar-refractivity contribution in [1.29, 1.82) is 0 Å². The van der Waals surface area contributed by atoms with Crippen LogP contribution in [-0.2, 0) is 11.2 Å². The van der Waals surface area contributed by atoms with E-state index in [9.17, 15) is 4.79 Å². The molecule has 1 N–H and O–H groups in total. The van der Waals surface area contributed by atoms with Crippen LogP contribution in [0.25, 0.3) is 0 Å². The number of hydrogen-bond donors (Lipinski definition) is 1. The van der Waals surface area contributed by atoms with Crippen molar-refractivity contribution < 1.29 is 19.4 Å². The molecule has 1 aliphatic rings. The molecule has 0 amide bonds. The molecule has 0 saturated carbocycles. The third-order valence-electron chi connectivity index (χ3n) is 5.83. The summed E-state index contributed by atoms with van der Waals surface area (Å²) in [7, 11) is 0. The van der Waals surface area contributed by atoms with E-state index in [0.29, 0.717) is 0 Å². The fraction of sp³-hybridized carbons (Fsp3) is 0.696. The Hall–Kier alpha value is -1.71. The van der Waals surface area contributed by atoms with Crippen LogP contribution in [-0.4, -0.2) is 22.8 Å². The number of ether oxygens (including phenoxy) is 2. The molecule has 0 saturated heterocycles. The third-order valence-corrected chi connectivity index (χ3v) is 5.83. The van der Waals surface area contributed by atoms with E-state index in [-0.39, 0.29) is 18.1 Å². The van der Waals surface area contributed by atoms with Gasteiger partial charge in [0.2, 0.25) is 0 Å². The molecular formula is C23H36O4. The molecule has 1 heterocycles. The van der Waals surface area contributed by atoms with Crippen molar-refractivity contribution in [2.24, 2.45) is 5.92 Å². The minimum atomic E-state index is -0.840. The highest BCUT2D eigenvalue weighted by Crippen LogP contribution is 2.45. The van der Waals surface area contributed by atoms with Crippen LogP contribution in [0.15, 0.2) is 0 Å². The molecule has 4 heteroatoms. The molecule has 1 aliphatic heterocycles. The maximum Gasteiger partial charge on any atom is 0.307 e. The van der Waals surface area contributed by atoms with Gasteiger partial charge in [0.15, 0.2) is 0 Å². The first-order valence-electron chi connectivity index (χ1n) is 10.2. The van der Waals surface area contributed by atoms with Gasteiger partial charge < -0.3 is 14.6 Å². The van der Waals surface area contributed by atoms with Crippen molar-refractivity contribution in [3.8, 4) is 11.5 Å². The van der Waals surface area contributed by atoms with E-state index >= 15 is 0 Å². The lowest BCUT2D eigenvalue weighted by Gasteiger charge is -2.38. The summed E-state index contributed by atoms with van der Waals surface area (Å²) in [5.41, 5.74) is 4.37. The standard InChI is InChI=1S/C23H36O4/c1-14(2)9-8-11-23(7)12-10-19-18(6)21(26-15(3)13-20(24)25)16(4)17(5)22(19)27-23/h14-15H,8-13H2,1-7H3,(H,24,25). The Morgan fingerprint density at radius 3 is 2.44 bits per heavy atom. The number of carboxylic acid groups (broad SMARTS) is 1. The average molecular weight is 377 g/mol. The first-order chi connectivity index (χ1) is 12.5. The average Bonchev–Trinajstić information content (AvgIpc) is 2.55. The van der Waals surface area contributed by atoms with Gasteiger partial charge in [-0.3, -0.25) is 4.79 Å². The van der Waals surface area contributed by atoms with Crippen LogP contribution >= 0.6 is 0 Å². The zero-order valence-corrected chi connectivity index (χ0v) is 18.1. The number of rotatable bonds is 8. The van der Waals surface area contributed by atoms with Gasteiger partial charge in [-0.2, -0.15) is 0 Å². The molecule has 1 aromatic carbocycles. The zero-order chi connectivity index (χ0) is 20.4. The summed E-state index contributed by atoms with van der Waals surface area (Å²) in [5, 5.41) is 9.01. The van der Waals surface area contributed by atoms with E-state index < -0.39 is 5.97 Å². The normalized spacial score (nSPS) is 20.1. The second-order valence-corrected chi connectivity index (χ2v) is 8.88. The second-order valence-electron chi connectivity index (χ2n) is 8.88. The van der Waals surface area contributed by atoms with Crippen LogP contribution in [0, 0.1) is 26.7 Å². The summed E-state index contributed by atoms with van der Waals surface area (Å²) < 4.78 is 12.6. The van der Waals surface area contributed by atoms with Gasteiger partial charge in [0, 0.05) is 5.56 Å². The van der Waals surface area contributed by atoms with E-state index in [0.717, 1.165) is 53.4 Å². The molecule has 27 heavy (non-hydrogen) atoms. The molecule has 1 aromatic rings. The van der Waals surface area contributed by atoms with E-state index in [4.69, 9.17) is 14.6 Å². The molecule has 2 atom stereocenters. The molecule has 4 nitrogen and oxygen atoms in total. The van der Waals surface area contributed by atoms with E-state index in [1.807, 2.05) is 13.8 Å². The maximum absolute atomic E-state index is 11.0. The van der Waals surface area contributed by atoms with Crippen molar-refractivity contribution in [1.82, 2.24) is 0 Å². The van der Waals surface area contributed by atoms with Gasteiger partial charge in [0.05, 0.1) is 6.42 Å². The molecule has 0 aromatic heterocycles. The number of aliphatic carboxylic acids is 1. The maximum atomic E-state index is 11.0. The van der Waals surface area contributed by atoms with Gasteiger partial charge >= 0.3 is 5.97 Å². The Bertz CT molecular complexity index is 692. The summed E-state index contributed by atoms with van der Waals surface area (Å²) in [5.74, 6) is 1.73. The SMILES string of the molecule is Cc1c(C)c2c(c(C)c1OC(C)CC(=O)O)CCC(C)(CCCC(C)C)O2. The summed E-state index contributed by atoms with van der Waals surface area (Å²) >= 11 is 0. The first kappa shape index (κ1) is 21.6. The first-order valence-corrected chi connectivity index (χ1v) is 10.2. The largest absolute Gasteiger partial charge is 0.490 e. The Balaban J connectivity index is 2.26. The van der Waals surface area contributed by atoms with Gasteiger partial charge in [-0.25, -0.2) is 0 Å². The van der Waals surface area contributed by atoms with Crippen molar-refractivity contribution in [2.75, 3.05) is 0 Å². The van der Waals surface area contributed by atoms with E-state index in [2.05, 4.69) is 34.6 Å². The molecular weight excluding hydrogens is 340 g/mol. The molecule has 0 aliphatic carbocycles. The van der Waals surface area contributed by atoms with Gasteiger partial charge in [-0.15, -0.1) is 0 Å². The Labute approximate surface area is 164 Å². The lowest BCUT2D eigenvalue weighted by Crippen LogP contribution is -2.37. The number of carboxylic acids is 1. The van der Waals surface area contributed by atoms with Gasteiger partial charge in [-0.05, 0) is 82.9 Å². The minimum Gasteiger partial charge on any atom is -0.490 e. The van der Waals surface area contributed by atoms with Crippen LogP contribution in [0.2, 0.25) is 0 Å². The molecule has 2 rings (SSSR count). The highest BCUT2D eigenvalue weighted by molar-refractivity contribution is 5.67. The molecule has 0 radical (unpaired) electrons. The predicted molar refractivity (Wildman–Crippen MR) is 109 cm³/mol. The van der Waals surface area contributed by atoms with Gasteiger partial charge in [-0.1, -0.05) is 20.3 Å². The van der Waals surface area contributed by atoms with Crippen molar-refractivity contribution in [2.45, 2.75) is 98.7 Å². The van der Waals surface area contributed by atoms with Crippen LogP contribution in [0.4, 0.5) is 0 Å². The number of hydrogen-bond acceptors (Lipinski definition) is 3. The van der Waals surface area contributed by atoms with Crippen LogP contribution in [0.5, 0.6) is 11.5 Å². The van der Waals surface area contributed by atoms with Gasteiger partial charge in [0.25, 0.3) is 0 Å². The van der Waals surface area contributed by atoms with Gasteiger partial charge in [0.1, 0.15) is 23.2 Å². The lowest BCUT2D eigenvalue weighted by molar-refractivity contribution is -0.138. The Kier molecular flexibility index (Phi) is 6.82. The van der Waals surface area contributed by atoms with E-state index in [1.165, 1.54) is 18.4 Å². The summed E-state index contributed by atoms with van der Waals surface area (Å²) in [6, 6.07) is 0. The summed E-state index contributed by atoms with van der Waals surface area (Å²) in [6.45, 7) is 14.8.